The van der Waals surface area contributed by atoms with E-state index in [0.29, 0.717) is 6.54 Å². The molecule has 5 heteroatoms. The molecular formula is C10H13N5. The van der Waals surface area contributed by atoms with Crippen molar-refractivity contribution in [3.63, 3.8) is 0 Å². The second-order valence-corrected chi connectivity index (χ2v) is 3.25. The van der Waals surface area contributed by atoms with Gasteiger partial charge >= 0.3 is 0 Å². The molecule has 5 nitrogen and oxygen atoms in total. The quantitative estimate of drug-likeness (QED) is 0.771. The van der Waals surface area contributed by atoms with Crippen LogP contribution in [0.4, 0.5) is 0 Å². The molecule has 0 amide bonds. The summed E-state index contributed by atoms with van der Waals surface area (Å²) < 4.78 is 2.05. The summed E-state index contributed by atoms with van der Waals surface area (Å²) in [7, 11) is 0. The van der Waals surface area contributed by atoms with E-state index in [2.05, 4.69) is 19.5 Å². The third-order valence-corrected chi connectivity index (χ3v) is 2.17. The van der Waals surface area contributed by atoms with Crippen LogP contribution in [0.1, 0.15) is 11.4 Å². The normalized spacial score (nSPS) is 10.5. The van der Waals surface area contributed by atoms with Crippen LogP contribution in [-0.4, -0.2) is 26.1 Å². The van der Waals surface area contributed by atoms with E-state index in [1.165, 1.54) is 0 Å². The molecule has 0 aliphatic rings. The highest BCUT2D eigenvalue weighted by Crippen LogP contribution is 2.03. The van der Waals surface area contributed by atoms with Gasteiger partial charge in [-0.05, 0) is 12.6 Å². The Kier molecular flexibility index (Phi) is 3.04. The molecule has 2 rings (SSSR count). The second kappa shape index (κ2) is 4.65. The summed E-state index contributed by atoms with van der Waals surface area (Å²) >= 11 is 0. The lowest BCUT2D eigenvalue weighted by Gasteiger charge is -2.05. The van der Waals surface area contributed by atoms with Gasteiger partial charge in [0.05, 0.1) is 18.6 Å². The molecule has 0 saturated heterocycles. The number of hydrogen-bond donors (Lipinski definition) is 1. The molecule has 0 spiro atoms. The van der Waals surface area contributed by atoms with E-state index >= 15 is 0 Å². The summed E-state index contributed by atoms with van der Waals surface area (Å²) in [6, 6.07) is 1.90. The van der Waals surface area contributed by atoms with Crippen LogP contribution in [-0.2, 0) is 13.0 Å². The summed E-state index contributed by atoms with van der Waals surface area (Å²) in [5.41, 5.74) is 7.62. The van der Waals surface area contributed by atoms with Gasteiger partial charge < -0.3 is 10.3 Å². The molecule has 0 radical (unpaired) electrons. The number of aromatic nitrogens is 4. The van der Waals surface area contributed by atoms with Crippen LogP contribution in [0.15, 0.2) is 31.1 Å². The lowest BCUT2D eigenvalue weighted by Crippen LogP contribution is -2.09. The van der Waals surface area contributed by atoms with E-state index in [-0.39, 0.29) is 0 Å². The molecule has 2 aromatic rings. The van der Waals surface area contributed by atoms with E-state index in [1.807, 2.05) is 12.3 Å². The zero-order valence-corrected chi connectivity index (χ0v) is 8.37. The van der Waals surface area contributed by atoms with E-state index in [1.54, 1.807) is 18.9 Å². The van der Waals surface area contributed by atoms with E-state index < -0.39 is 0 Å². The first kappa shape index (κ1) is 9.79. The van der Waals surface area contributed by atoms with Crippen molar-refractivity contribution in [3.05, 3.63) is 42.5 Å². The van der Waals surface area contributed by atoms with Crippen molar-refractivity contribution in [2.75, 3.05) is 6.54 Å². The molecular weight excluding hydrogens is 190 g/mol. The van der Waals surface area contributed by atoms with Crippen LogP contribution < -0.4 is 5.73 Å². The zero-order valence-electron chi connectivity index (χ0n) is 8.37. The van der Waals surface area contributed by atoms with Gasteiger partial charge in [0, 0.05) is 24.5 Å². The lowest BCUT2D eigenvalue weighted by molar-refractivity contribution is 0.715. The number of rotatable bonds is 4. The molecule has 0 aromatic carbocycles. The molecule has 2 N–H and O–H groups in total. The Morgan fingerprint density at radius 2 is 2.27 bits per heavy atom. The van der Waals surface area contributed by atoms with Gasteiger partial charge in [-0.25, -0.2) is 15.0 Å². The van der Waals surface area contributed by atoms with Gasteiger partial charge in [-0.2, -0.15) is 0 Å². The van der Waals surface area contributed by atoms with Crippen LogP contribution in [0, 0.1) is 0 Å². The predicted molar refractivity (Wildman–Crippen MR) is 56.1 cm³/mol. The Morgan fingerprint density at radius 1 is 1.33 bits per heavy atom. The maximum absolute atomic E-state index is 5.52. The topological polar surface area (TPSA) is 69.6 Å². The molecule has 0 unspecified atom stereocenters. The molecule has 2 aromatic heterocycles. The maximum Gasteiger partial charge on any atom is 0.115 e. The van der Waals surface area contributed by atoms with E-state index in [0.717, 1.165) is 24.4 Å². The van der Waals surface area contributed by atoms with Crippen molar-refractivity contribution >= 4 is 0 Å². The Hall–Kier alpha value is -1.75. The highest BCUT2D eigenvalue weighted by Gasteiger charge is 2.02. The summed E-state index contributed by atoms with van der Waals surface area (Å²) in [6.45, 7) is 1.35. The molecule has 78 valence electrons. The van der Waals surface area contributed by atoms with Gasteiger partial charge in [0.2, 0.25) is 0 Å². The highest BCUT2D eigenvalue weighted by molar-refractivity contribution is 5.05. The molecule has 0 aliphatic heterocycles. The van der Waals surface area contributed by atoms with Crippen molar-refractivity contribution in [2.24, 2.45) is 5.73 Å². The molecule has 0 bridgehead atoms. The fourth-order valence-corrected chi connectivity index (χ4v) is 1.43. The number of nitrogens with zero attached hydrogens (tertiary/aromatic N) is 4. The Labute approximate surface area is 88.0 Å². The van der Waals surface area contributed by atoms with Crippen molar-refractivity contribution in [2.45, 2.75) is 13.0 Å². The van der Waals surface area contributed by atoms with Crippen molar-refractivity contribution < 1.29 is 0 Å². The number of imidazole rings is 1. The Balaban J connectivity index is 2.14. The average Bonchev–Trinajstić information content (AvgIpc) is 2.68. The maximum atomic E-state index is 5.52. The highest BCUT2D eigenvalue weighted by atomic mass is 15.1. The molecule has 0 atom stereocenters. The summed E-state index contributed by atoms with van der Waals surface area (Å²) in [5.74, 6) is 0. The van der Waals surface area contributed by atoms with Crippen molar-refractivity contribution in [3.8, 4) is 0 Å². The third-order valence-electron chi connectivity index (χ3n) is 2.17. The first-order chi connectivity index (χ1) is 7.40. The minimum absolute atomic E-state index is 0.634. The molecule has 0 saturated carbocycles. The van der Waals surface area contributed by atoms with Gasteiger partial charge in [-0.1, -0.05) is 0 Å². The number of hydrogen-bond acceptors (Lipinski definition) is 4. The van der Waals surface area contributed by atoms with Crippen LogP contribution in [0.25, 0.3) is 0 Å². The minimum atomic E-state index is 0.634. The van der Waals surface area contributed by atoms with Gasteiger partial charge in [0.1, 0.15) is 6.33 Å². The fraction of sp³-hybridized carbons (Fsp3) is 0.300. The number of nitrogens with two attached hydrogens (primary N) is 1. The largest absolute Gasteiger partial charge is 0.330 e. The van der Waals surface area contributed by atoms with Gasteiger partial charge in [0.25, 0.3) is 0 Å². The van der Waals surface area contributed by atoms with Gasteiger partial charge in [-0.3, -0.25) is 0 Å². The van der Waals surface area contributed by atoms with Crippen LogP contribution in [0.2, 0.25) is 0 Å². The Bertz CT molecular complexity index is 409. The molecule has 15 heavy (non-hydrogen) atoms. The first-order valence-corrected chi connectivity index (χ1v) is 4.84. The van der Waals surface area contributed by atoms with E-state index in [4.69, 9.17) is 5.73 Å². The standard InChI is InChI=1S/C10H13N5/c11-3-1-10-5-13-8-15(10)6-9-2-4-12-7-14-9/h2,4-5,7-8H,1,3,6,11H2. The molecule has 0 aliphatic carbocycles. The summed E-state index contributed by atoms with van der Waals surface area (Å²) in [4.78, 5) is 12.1. The lowest BCUT2D eigenvalue weighted by atomic mass is 10.3. The minimum Gasteiger partial charge on any atom is -0.330 e. The smallest absolute Gasteiger partial charge is 0.115 e. The van der Waals surface area contributed by atoms with Crippen LogP contribution in [0.5, 0.6) is 0 Å². The average molecular weight is 203 g/mol. The van der Waals surface area contributed by atoms with Crippen molar-refractivity contribution in [1.82, 2.24) is 19.5 Å². The third kappa shape index (κ3) is 2.38. The first-order valence-electron chi connectivity index (χ1n) is 4.84. The summed E-state index contributed by atoms with van der Waals surface area (Å²) in [5, 5.41) is 0. The Morgan fingerprint density at radius 3 is 3.00 bits per heavy atom. The van der Waals surface area contributed by atoms with Gasteiger partial charge in [-0.15, -0.1) is 0 Å². The second-order valence-electron chi connectivity index (χ2n) is 3.25. The monoisotopic (exact) mass is 203 g/mol. The molecule has 0 fully saturated rings. The SMILES string of the molecule is NCCc1cncn1Cc1ccncn1. The fourth-order valence-electron chi connectivity index (χ4n) is 1.43. The van der Waals surface area contributed by atoms with Gasteiger partial charge in [0.15, 0.2) is 0 Å². The van der Waals surface area contributed by atoms with Crippen LogP contribution >= 0.6 is 0 Å². The zero-order chi connectivity index (χ0) is 10.5. The molecule has 2 heterocycles. The van der Waals surface area contributed by atoms with Crippen molar-refractivity contribution in [1.29, 1.82) is 0 Å². The predicted octanol–water partition coefficient (Wildman–Crippen LogP) is 0.223. The summed E-state index contributed by atoms with van der Waals surface area (Å²) in [6.07, 6.45) is 7.77. The van der Waals surface area contributed by atoms with Crippen LogP contribution in [0.3, 0.4) is 0 Å². The van der Waals surface area contributed by atoms with E-state index in [9.17, 15) is 0 Å².